The lowest BCUT2D eigenvalue weighted by atomic mass is 10.4. The van der Waals surface area contributed by atoms with Crippen molar-refractivity contribution < 1.29 is 62.0 Å². The van der Waals surface area contributed by atoms with Crippen molar-refractivity contribution in [1.82, 2.24) is 0 Å². The molecule has 0 aromatic heterocycles. The highest BCUT2D eigenvalue weighted by molar-refractivity contribution is 5.71. The lowest BCUT2D eigenvalue weighted by Crippen LogP contribution is -2.22. The van der Waals surface area contributed by atoms with Crippen molar-refractivity contribution in [2.24, 2.45) is 5.11 Å². The number of nitrogens with zero attached hydrogens (tertiary/aromatic N) is 3. The summed E-state index contributed by atoms with van der Waals surface area (Å²) in [6, 6.07) is 0. The Hall–Kier alpha value is -1.66. The Kier molecular flexibility index (Phi) is 33.1. The molecule has 1 atom stereocenters. The van der Waals surface area contributed by atoms with Crippen LogP contribution in [0, 0.1) is 0 Å². The van der Waals surface area contributed by atoms with E-state index in [9.17, 15) is 4.79 Å². The van der Waals surface area contributed by atoms with Crippen molar-refractivity contribution in [3.05, 3.63) is 10.4 Å². The van der Waals surface area contributed by atoms with Gasteiger partial charge in [0.15, 0.2) is 6.10 Å². The second-order valence-corrected chi connectivity index (χ2v) is 7.93. The Bertz CT molecular complexity index is 601. The quantitative estimate of drug-likeness (QED) is 0.0470. The molecule has 0 aliphatic carbocycles. The number of azide groups is 1. The van der Waals surface area contributed by atoms with Gasteiger partial charge in [-0.05, 0) is 12.5 Å². The van der Waals surface area contributed by atoms with Gasteiger partial charge in [-0.1, -0.05) is 5.11 Å². The van der Waals surface area contributed by atoms with Crippen LogP contribution in [-0.4, -0.2) is 162 Å². The second-order valence-electron chi connectivity index (χ2n) is 7.93. The molecule has 41 heavy (non-hydrogen) atoms. The molecule has 0 aliphatic rings. The van der Waals surface area contributed by atoms with Crippen LogP contribution in [0.15, 0.2) is 5.11 Å². The van der Waals surface area contributed by atoms with E-state index in [1.807, 2.05) is 0 Å². The van der Waals surface area contributed by atoms with Crippen molar-refractivity contribution in [2.75, 3.05) is 145 Å². The number of carboxylic acids is 1. The second kappa shape index (κ2) is 34.5. The van der Waals surface area contributed by atoms with Crippen LogP contribution >= 0.6 is 0 Å². The molecular formula is C25H49N3O13. The van der Waals surface area contributed by atoms with Gasteiger partial charge in [-0.25, -0.2) is 4.79 Å². The number of rotatable bonds is 35. The third-order valence-electron chi connectivity index (χ3n) is 4.69. The molecular weight excluding hydrogens is 550 g/mol. The molecule has 16 heteroatoms. The van der Waals surface area contributed by atoms with Gasteiger partial charge in [-0.15, -0.1) is 0 Å². The zero-order valence-electron chi connectivity index (χ0n) is 24.3. The summed E-state index contributed by atoms with van der Waals surface area (Å²) in [5, 5.41) is 12.0. The fraction of sp³-hybridized carbons (Fsp3) is 0.960. The van der Waals surface area contributed by atoms with E-state index < -0.39 is 12.1 Å². The van der Waals surface area contributed by atoms with Gasteiger partial charge in [0, 0.05) is 11.5 Å². The number of ether oxygens (including phenoxy) is 11. The van der Waals surface area contributed by atoms with Crippen LogP contribution in [0.5, 0.6) is 0 Å². The van der Waals surface area contributed by atoms with Crippen LogP contribution in [-0.2, 0) is 56.9 Å². The van der Waals surface area contributed by atoms with Crippen molar-refractivity contribution >= 4 is 5.97 Å². The first-order chi connectivity index (χ1) is 20.2. The van der Waals surface area contributed by atoms with Crippen LogP contribution in [0.3, 0.4) is 0 Å². The average Bonchev–Trinajstić information content (AvgIpc) is 2.97. The third-order valence-corrected chi connectivity index (χ3v) is 4.69. The van der Waals surface area contributed by atoms with Crippen LogP contribution in [0.1, 0.15) is 6.92 Å². The lowest BCUT2D eigenvalue weighted by Gasteiger charge is -2.09. The number of hydrogen-bond acceptors (Lipinski definition) is 13. The first-order valence-corrected chi connectivity index (χ1v) is 13.8. The molecule has 0 aromatic rings. The van der Waals surface area contributed by atoms with Crippen LogP contribution < -0.4 is 0 Å². The molecule has 0 bridgehead atoms. The largest absolute Gasteiger partial charge is 0.479 e. The minimum Gasteiger partial charge on any atom is -0.479 e. The summed E-state index contributed by atoms with van der Waals surface area (Å²) in [4.78, 5) is 13.2. The van der Waals surface area contributed by atoms with Crippen molar-refractivity contribution in [3.8, 4) is 0 Å². The van der Waals surface area contributed by atoms with Crippen molar-refractivity contribution in [2.45, 2.75) is 13.0 Å². The van der Waals surface area contributed by atoms with Gasteiger partial charge in [0.05, 0.1) is 139 Å². The summed E-state index contributed by atoms with van der Waals surface area (Å²) in [5.74, 6) is -0.994. The van der Waals surface area contributed by atoms with Gasteiger partial charge in [0.25, 0.3) is 0 Å². The molecule has 0 heterocycles. The molecule has 1 N–H and O–H groups in total. The first-order valence-electron chi connectivity index (χ1n) is 13.8. The molecule has 0 fully saturated rings. The number of hydrogen-bond donors (Lipinski definition) is 1. The van der Waals surface area contributed by atoms with E-state index in [0.29, 0.717) is 139 Å². The molecule has 0 rings (SSSR count). The monoisotopic (exact) mass is 599 g/mol. The van der Waals surface area contributed by atoms with Crippen molar-refractivity contribution in [1.29, 1.82) is 0 Å². The molecule has 0 amide bonds. The Morgan fingerprint density at radius 2 is 0.780 bits per heavy atom. The van der Waals surface area contributed by atoms with Crippen LogP contribution in [0.2, 0.25) is 0 Å². The van der Waals surface area contributed by atoms with E-state index in [1.165, 1.54) is 6.92 Å². The highest BCUT2D eigenvalue weighted by Gasteiger charge is 2.09. The van der Waals surface area contributed by atoms with Gasteiger partial charge < -0.3 is 57.2 Å². The van der Waals surface area contributed by atoms with E-state index in [-0.39, 0.29) is 6.61 Å². The first kappa shape index (κ1) is 39.3. The van der Waals surface area contributed by atoms with Gasteiger partial charge in [-0.2, -0.15) is 0 Å². The van der Waals surface area contributed by atoms with E-state index >= 15 is 0 Å². The zero-order chi connectivity index (χ0) is 29.9. The molecule has 0 radical (unpaired) electrons. The van der Waals surface area contributed by atoms with E-state index in [2.05, 4.69) is 10.0 Å². The minimum atomic E-state index is -0.994. The maximum atomic E-state index is 10.6. The smallest absolute Gasteiger partial charge is 0.332 e. The van der Waals surface area contributed by atoms with Crippen molar-refractivity contribution in [3.63, 3.8) is 0 Å². The molecule has 242 valence electrons. The maximum absolute atomic E-state index is 10.6. The SMILES string of the molecule is CC(OCCOCCOCCOCCOCCOCCOCCOCCOCCOCCOCCN=[N+]=[N-])C(=O)O. The zero-order valence-corrected chi connectivity index (χ0v) is 24.3. The molecule has 1 unspecified atom stereocenters. The van der Waals surface area contributed by atoms with E-state index in [1.54, 1.807) is 0 Å². The summed E-state index contributed by atoms with van der Waals surface area (Å²) >= 11 is 0. The summed E-state index contributed by atoms with van der Waals surface area (Å²) in [6.45, 7) is 11.2. The Labute approximate surface area is 242 Å². The lowest BCUT2D eigenvalue weighted by molar-refractivity contribution is -0.150. The van der Waals surface area contributed by atoms with Gasteiger partial charge >= 0.3 is 5.97 Å². The predicted molar refractivity (Wildman–Crippen MR) is 145 cm³/mol. The van der Waals surface area contributed by atoms with Gasteiger partial charge in [0.2, 0.25) is 0 Å². The maximum Gasteiger partial charge on any atom is 0.332 e. The molecule has 0 spiro atoms. The number of carbonyl (C=O) groups is 1. The summed E-state index contributed by atoms with van der Waals surface area (Å²) in [6.07, 6.45) is -0.835. The molecule has 0 saturated heterocycles. The third kappa shape index (κ3) is 34.4. The predicted octanol–water partition coefficient (Wildman–Crippen LogP) is 0.952. The summed E-state index contributed by atoms with van der Waals surface area (Å²) < 4.78 is 58.8. The Morgan fingerprint density at radius 3 is 1.02 bits per heavy atom. The summed E-state index contributed by atoms with van der Waals surface area (Å²) in [5.41, 5.74) is 8.12. The fourth-order valence-electron chi connectivity index (χ4n) is 2.59. The van der Waals surface area contributed by atoms with E-state index in [4.69, 9.17) is 62.7 Å². The molecule has 0 aromatic carbocycles. The summed E-state index contributed by atoms with van der Waals surface area (Å²) in [7, 11) is 0. The highest BCUT2D eigenvalue weighted by atomic mass is 16.6. The van der Waals surface area contributed by atoms with Gasteiger partial charge in [0.1, 0.15) is 0 Å². The van der Waals surface area contributed by atoms with Crippen LogP contribution in [0.25, 0.3) is 10.4 Å². The molecule has 0 saturated carbocycles. The molecule has 0 aliphatic heterocycles. The fourth-order valence-corrected chi connectivity index (χ4v) is 2.59. The van der Waals surface area contributed by atoms with E-state index in [0.717, 1.165) is 0 Å². The molecule has 16 nitrogen and oxygen atoms in total. The topological polar surface area (TPSA) is 188 Å². The van der Waals surface area contributed by atoms with Crippen LogP contribution in [0.4, 0.5) is 0 Å². The minimum absolute atomic E-state index is 0.226. The standard InChI is InChI=1S/C25H49N3O13/c1-24(25(29)30)41-23-22-40-21-20-39-19-18-38-17-16-37-15-14-36-13-12-35-11-10-34-9-8-33-7-6-32-5-4-31-3-2-27-28-26/h24H,2-23H2,1H3,(H,29,30). The van der Waals surface area contributed by atoms with Gasteiger partial charge in [-0.3, -0.25) is 0 Å². The normalized spacial score (nSPS) is 11.9. The number of aliphatic carboxylic acids is 1. The Balaban J connectivity index is 3.07. The number of carboxylic acid groups (broad SMARTS) is 1. The average molecular weight is 600 g/mol. The highest BCUT2D eigenvalue weighted by Crippen LogP contribution is 1.91. The Morgan fingerprint density at radius 1 is 0.537 bits per heavy atom.